The molecular formula is C37H36FN3O3S. The van der Waals surface area contributed by atoms with Crippen molar-refractivity contribution in [2.24, 2.45) is 11.8 Å². The minimum absolute atomic E-state index is 0.00931. The number of nitrogens with zero attached hydrogens (tertiary/aromatic N) is 2. The number of ether oxygens (including phenoxy) is 1. The zero-order valence-corrected chi connectivity index (χ0v) is 26.6. The molecule has 8 rings (SSSR count). The topological polar surface area (TPSA) is 63.6 Å². The second-order valence-corrected chi connectivity index (χ2v) is 14.2. The van der Waals surface area contributed by atoms with Gasteiger partial charge in [0.2, 0.25) is 0 Å². The lowest BCUT2D eigenvalue weighted by Gasteiger charge is -2.33. The SMILES string of the molecule is COc1cc(C(=O)N2C[C@H](C)C[C@@H](F)C2)cc2sc(-c3cc4ccc(-c5ccc6c(c5)C(=O)NC6)cc4n3CC3CC3)c(C)c12. The predicted octanol–water partition coefficient (Wildman–Crippen LogP) is 7.98. The molecule has 2 fully saturated rings. The van der Waals surface area contributed by atoms with E-state index in [9.17, 15) is 14.0 Å². The number of aryl methyl sites for hydroxylation is 1. The molecule has 6 nitrogen and oxygen atoms in total. The summed E-state index contributed by atoms with van der Waals surface area (Å²) in [5, 5.41) is 5.11. The van der Waals surface area contributed by atoms with Crippen LogP contribution in [0.3, 0.4) is 0 Å². The van der Waals surface area contributed by atoms with E-state index in [1.807, 2.05) is 25.1 Å². The number of methoxy groups -OCH3 is 1. The Bertz CT molecular complexity index is 2010. The lowest BCUT2D eigenvalue weighted by Crippen LogP contribution is -2.44. The van der Waals surface area contributed by atoms with Crippen molar-refractivity contribution in [1.82, 2.24) is 14.8 Å². The highest BCUT2D eigenvalue weighted by Crippen LogP contribution is 2.46. The van der Waals surface area contributed by atoms with Crippen molar-refractivity contribution in [3.05, 3.63) is 76.9 Å². The van der Waals surface area contributed by atoms with Crippen LogP contribution in [-0.2, 0) is 13.1 Å². The number of piperidine rings is 1. The van der Waals surface area contributed by atoms with E-state index in [2.05, 4.69) is 53.2 Å². The molecular weight excluding hydrogens is 585 g/mol. The average molecular weight is 622 g/mol. The molecule has 2 atom stereocenters. The molecule has 3 aromatic carbocycles. The Morgan fingerprint density at radius 2 is 1.87 bits per heavy atom. The first-order chi connectivity index (χ1) is 21.8. The molecule has 45 heavy (non-hydrogen) atoms. The summed E-state index contributed by atoms with van der Waals surface area (Å²) in [6.07, 6.45) is 1.98. The van der Waals surface area contributed by atoms with Crippen LogP contribution in [0.15, 0.2) is 54.6 Å². The third kappa shape index (κ3) is 4.90. The van der Waals surface area contributed by atoms with Crippen LogP contribution in [0.1, 0.15) is 58.0 Å². The van der Waals surface area contributed by atoms with Crippen molar-refractivity contribution >= 4 is 44.1 Å². The number of rotatable bonds is 6. The Kier molecular flexibility index (Phi) is 6.75. The standard InChI is InChI=1S/C37H36FN3O3S/c1-20-10-28(38)19-40(17-20)37(43)27-14-32(44-3)34-21(2)35(45-33(34)15-27)31-13-25-8-6-24(12-30(25)41(31)18-22-4-5-22)23-7-9-26-16-39-36(42)29(26)11-23/h6-9,11-15,20,22,28H,4-5,10,16-19H2,1-3H3,(H,39,42)/t20-,28-/m1/s1. The third-order valence-corrected chi connectivity index (χ3v) is 11.0. The van der Waals surface area contributed by atoms with Crippen molar-refractivity contribution in [3.8, 4) is 27.4 Å². The molecule has 2 aromatic heterocycles. The first-order valence-electron chi connectivity index (χ1n) is 15.9. The molecule has 3 aliphatic rings. The number of thiophene rings is 1. The number of hydrogen-bond donors (Lipinski definition) is 1. The summed E-state index contributed by atoms with van der Waals surface area (Å²) < 4.78 is 23.7. The minimum atomic E-state index is -0.991. The summed E-state index contributed by atoms with van der Waals surface area (Å²) >= 11 is 1.69. The number of fused-ring (bicyclic) bond motifs is 3. The van der Waals surface area contributed by atoms with Gasteiger partial charge in [0.1, 0.15) is 11.9 Å². The number of aromatic nitrogens is 1. The summed E-state index contributed by atoms with van der Waals surface area (Å²) in [6, 6.07) is 18.8. The number of carbonyl (C=O) groups excluding carboxylic acids is 2. The first kappa shape index (κ1) is 28.3. The maximum Gasteiger partial charge on any atom is 0.254 e. The first-order valence-corrected chi connectivity index (χ1v) is 16.7. The highest BCUT2D eigenvalue weighted by Gasteiger charge is 2.30. The molecule has 2 amide bonds. The molecule has 2 aliphatic heterocycles. The lowest BCUT2D eigenvalue weighted by atomic mass is 9.98. The van der Waals surface area contributed by atoms with Gasteiger partial charge >= 0.3 is 0 Å². The molecule has 1 saturated heterocycles. The quantitative estimate of drug-likeness (QED) is 0.209. The summed E-state index contributed by atoms with van der Waals surface area (Å²) in [6.45, 7) is 6.37. The minimum Gasteiger partial charge on any atom is -0.496 e. The average Bonchev–Trinajstić information content (AvgIpc) is 3.56. The van der Waals surface area contributed by atoms with Gasteiger partial charge in [0.25, 0.3) is 11.8 Å². The molecule has 5 aromatic rings. The van der Waals surface area contributed by atoms with Gasteiger partial charge in [-0.05, 0) is 90.6 Å². The fraction of sp³-hybridized carbons (Fsp3) is 0.351. The van der Waals surface area contributed by atoms with Crippen molar-refractivity contribution in [2.75, 3.05) is 20.2 Å². The summed E-state index contributed by atoms with van der Waals surface area (Å²) in [7, 11) is 1.65. The number of nitrogens with one attached hydrogen (secondary N) is 1. The zero-order valence-electron chi connectivity index (χ0n) is 25.8. The number of likely N-dealkylation sites (tertiary alicyclic amines) is 1. The highest BCUT2D eigenvalue weighted by molar-refractivity contribution is 7.22. The van der Waals surface area contributed by atoms with Crippen molar-refractivity contribution in [1.29, 1.82) is 0 Å². The van der Waals surface area contributed by atoms with Crippen LogP contribution in [0.4, 0.5) is 4.39 Å². The molecule has 1 N–H and O–H groups in total. The van der Waals surface area contributed by atoms with E-state index >= 15 is 0 Å². The van der Waals surface area contributed by atoms with Crippen LogP contribution in [0.5, 0.6) is 5.75 Å². The number of benzene rings is 3. The molecule has 1 aliphatic carbocycles. The van der Waals surface area contributed by atoms with Crippen LogP contribution >= 0.6 is 11.3 Å². The van der Waals surface area contributed by atoms with Gasteiger partial charge in [0, 0.05) is 51.8 Å². The van der Waals surface area contributed by atoms with E-state index < -0.39 is 6.17 Å². The number of amides is 2. The molecule has 8 heteroatoms. The van der Waals surface area contributed by atoms with Gasteiger partial charge in [0.05, 0.1) is 24.2 Å². The zero-order chi connectivity index (χ0) is 31.0. The highest BCUT2D eigenvalue weighted by atomic mass is 32.1. The van der Waals surface area contributed by atoms with Gasteiger partial charge in [-0.25, -0.2) is 4.39 Å². The van der Waals surface area contributed by atoms with E-state index in [-0.39, 0.29) is 24.3 Å². The van der Waals surface area contributed by atoms with E-state index in [1.54, 1.807) is 23.3 Å². The fourth-order valence-electron chi connectivity index (χ4n) is 7.26. The van der Waals surface area contributed by atoms with Crippen molar-refractivity contribution < 1.29 is 18.7 Å². The number of carbonyl (C=O) groups is 2. The smallest absolute Gasteiger partial charge is 0.254 e. The lowest BCUT2D eigenvalue weighted by molar-refractivity contribution is 0.0555. The van der Waals surface area contributed by atoms with Gasteiger partial charge in [-0.1, -0.05) is 31.2 Å². The maximum absolute atomic E-state index is 14.4. The summed E-state index contributed by atoms with van der Waals surface area (Å²) in [5.74, 6) is 1.31. The predicted molar refractivity (Wildman–Crippen MR) is 178 cm³/mol. The molecule has 4 heterocycles. The van der Waals surface area contributed by atoms with Crippen LogP contribution < -0.4 is 10.1 Å². The van der Waals surface area contributed by atoms with Gasteiger partial charge in [0.15, 0.2) is 0 Å². The molecule has 0 radical (unpaired) electrons. The normalized spacial score (nSPS) is 19.7. The largest absolute Gasteiger partial charge is 0.496 e. The van der Waals surface area contributed by atoms with Gasteiger partial charge in [-0.3, -0.25) is 9.59 Å². The van der Waals surface area contributed by atoms with Gasteiger partial charge in [-0.2, -0.15) is 0 Å². The van der Waals surface area contributed by atoms with Crippen LogP contribution in [-0.4, -0.2) is 47.7 Å². The van der Waals surface area contributed by atoms with E-state index in [4.69, 9.17) is 4.74 Å². The van der Waals surface area contributed by atoms with Crippen molar-refractivity contribution in [2.45, 2.75) is 52.4 Å². The van der Waals surface area contributed by atoms with Gasteiger partial charge < -0.3 is 19.5 Å². The van der Waals surface area contributed by atoms with E-state index in [0.29, 0.717) is 36.7 Å². The second kappa shape index (κ2) is 10.7. The van der Waals surface area contributed by atoms with Crippen molar-refractivity contribution in [3.63, 3.8) is 0 Å². The number of alkyl halides is 1. The molecule has 1 saturated carbocycles. The summed E-state index contributed by atoms with van der Waals surface area (Å²) in [5.41, 5.74) is 7.95. The monoisotopic (exact) mass is 621 g/mol. The van der Waals surface area contributed by atoms with Crippen LogP contribution in [0, 0.1) is 18.8 Å². The van der Waals surface area contributed by atoms with E-state index in [1.165, 1.54) is 29.4 Å². The fourth-order valence-corrected chi connectivity index (χ4v) is 8.55. The molecule has 230 valence electrons. The van der Waals surface area contributed by atoms with Crippen LogP contribution in [0.2, 0.25) is 0 Å². The molecule has 0 unspecified atom stereocenters. The third-order valence-electron chi connectivity index (χ3n) is 9.76. The second-order valence-electron chi connectivity index (χ2n) is 13.2. The number of hydrogen-bond acceptors (Lipinski definition) is 4. The van der Waals surface area contributed by atoms with E-state index in [0.717, 1.165) is 49.3 Å². The Labute approximate surface area is 265 Å². The van der Waals surface area contributed by atoms with Crippen LogP contribution in [0.25, 0.3) is 42.7 Å². The Hall–Kier alpha value is -4.17. The summed E-state index contributed by atoms with van der Waals surface area (Å²) in [4.78, 5) is 28.8. The molecule has 0 spiro atoms. The molecule has 0 bridgehead atoms. The number of halogens is 1. The Morgan fingerprint density at radius 1 is 1.07 bits per heavy atom. The Morgan fingerprint density at radius 3 is 2.64 bits per heavy atom. The Balaban J connectivity index is 1.23. The maximum atomic E-state index is 14.4. The van der Waals surface area contributed by atoms with Gasteiger partial charge in [-0.15, -0.1) is 11.3 Å².